The summed E-state index contributed by atoms with van der Waals surface area (Å²) in [5, 5.41) is 4.50. The minimum atomic E-state index is 0.426. The van der Waals surface area contributed by atoms with Gasteiger partial charge in [-0.3, -0.25) is 0 Å². The van der Waals surface area contributed by atoms with Gasteiger partial charge < -0.3 is 10.2 Å². The molecule has 112 valence electrons. The molecule has 0 bridgehead atoms. The molecule has 1 aromatic carbocycles. The summed E-state index contributed by atoms with van der Waals surface area (Å²) in [4.78, 5) is 2.60. The van der Waals surface area contributed by atoms with Crippen molar-refractivity contribution in [3.8, 4) is 0 Å². The van der Waals surface area contributed by atoms with Crippen molar-refractivity contribution >= 4 is 11.6 Å². The quantitative estimate of drug-likeness (QED) is 0.756. The van der Waals surface area contributed by atoms with Crippen LogP contribution in [0.15, 0.2) is 24.3 Å². The average Bonchev–Trinajstić information content (AvgIpc) is 2.48. The summed E-state index contributed by atoms with van der Waals surface area (Å²) in [6.07, 6.45) is 6.52. The second kappa shape index (κ2) is 8.66. The summed E-state index contributed by atoms with van der Waals surface area (Å²) in [7, 11) is 0. The molecule has 1 saturated heterocycles. The van der Waals surface area contributed by atoms with Crippen LogP contribution in [-0.4, -0.2) is 31.1 Å². The summed E-state index contributed by atoms with van der Waals surface area (Å²) in [5.41, 5.74) is 1.30. The minimum Gasteiger partial charge on any atom is -0.310 e. The molecular weight excluding hydrogens is 268 g/mol. The molecule has 1 aliphatic rings. The van der Waals surface area contributed by atoms with Crippen LogP contribution in [0.3, 0.4) is 0 Å². The van der Waals surface area contributed by atoms with Crippen LogP contribution in [-0.2, 0) is 0 Å². The molecule has 1 N–H and O–H groups in total. The Morgan fingerprint density at radius 3 is 2.75 bits per heavy atom. The zero-order valence-corrected chi connectivity index (χ0v) is 13.3. The average molecular weight is 295 g/mol. The van der Waals surface area contributed by atoms with E-state index in [9.17, 15) is 0 Å². The van der Waals surface area contributed by atoms with Crippen LogP contribution < -0.4 is 5.32 Å². The Hall–Kier alpha value is -0.570. The lowest BCUT2D eigenvalue weighted by Gasteiger charge is -2.26. The van der Waals surface area contributed by atoms with E-state index in [2.05, 4.69) is 29.3 Å². The molecule has 1 fully saturated rings. The first-order valence-electron chi connectivity index (χ1n) is 8.01. The van der Waals surface area contributed by atoms with Gasteiger partial charge in [-0.1, -0.05) is 37.1 Å². The fraction of sp³-hybridized carbons (Fsp3) is 0.647. The summed E-state index contributed by atoms with van der Waals surface area (Å²) in [5.74, 6) is 0. The molecule has 1 heterocycles. The van der Waals surface area contributed by atoms with E-state index in [1.54, 1.807) is 0 Å². The fourth-order valence-corrected chi connectivity index (χ4v) is 3.18. The molecular formula is C17H27ClN2. The van der Waals surface area contributed by atoms with Gasteiger partial charge in [0.15, 0.2) is 0 Å². The maximum atomic E-state index is 6.07. The molecule has 2 nitrogen and oxygen atoms in total. The summed E-state index contributed by atoms with van der Waals surface area (Å²) < 4.78 is 0. The van der Waals surface area contributed by atoms with Crippen LogP contribution >= 0.6 is 11.6 Å². The summed E-state index contributed by atoms with van der Waals surface area (Å²) in [6, 6.07) is 8.64. The predicted octanol–water partition coefficient (Wildman–Crippen LogP) is 4.26. The van der Waals surface area contributed by atoms with Gasteiger partial charge in [-0.05, 0) is 69.6 Å². The van der Waals surface area contributed by atoms with E-state index >= 15 is 0 Å². The van der Waals surface area contributed by atoms with Gasteiger partial charge in [0.2, 0.25) is 0 Å². The topological polar surface area (TPSA) is 15.3 Å². The second-order valence-electron chi connectivity index (χ2n) is 5.73. The highest BCUT2D eigenvalue weighted by atomic mass is 35.5. The normalized spacial score (nSPS) is 18.1. The molecule has 3 heteroatoms. The molecule has 0 saturated carbocycles. The number of hydrogen-bond acceptors (Lipinski definition) is 2. The van der Waals surface area contributed by atoms with E-state index in [0.29, 0.717) is 6.04 Å². The van der Waals surface area contributed by atoms with Gasteiger partial charge in [-0.2, -0.15) is 0 Å². The molecule has 1 aromatic rings. The largest absolute Gasteiger partial charge is 0.310 e. The Morgan fingerprint density at radius 2 is 2.05 bits per heavy atom. The maximum Gasteiger partial charge on any atom is 0.0409 e. The number of rotatable bonds is 7. The van der Waals surface area contributed by atoms with E-state index in [-0.39, 0.29) is 0 Å². The molecule has 0 aromatic heterocycles. The molecule has 1 aliphatic heterocycles. The Morgan fingerprint density at radius 1 is 1.25 bits per heavy atom. The molecule has 1 atom stereocenters. The predicted molar refractivity (Wildman–Crippen MR) is 87.4 cm³/mol. The Kier molecular flexibility index (Phi) is 6.85. The van der Waals surface area contributed by atoms with E-state index < -0.39 is 0 Å². The van der Waals surface area contributed by atoms with Crippen molar-refractivity contribution in [2.75, 3.05) is 26.2 Å². The Bertz CT molecular complexity index is 388. The van der Waals surface area contributed by atoms with E-state index in [1.807, 2.05) is 12.1 Å². The third-order valence-electron chi connectivity index (χ3n) is 4.15. The number of piperidine rings is 1. The summed E-state index contributed by atoms with van der Waals surface area (Å²) in [6.45, 7) is 7.14. The van der Waals surface area contributed by atoms with Gasteiger partial charge in [0.1, 0.15) is 0 Å². The number of benzene rings is 1. The van der Waals surface area contributed by atoms with Crippen molar-refractivity contribution in [3.05, 3.63) is 34.9 Å². The standard InChI is InChI=1S/C17H27ClN2/c1-2-17(15-8-6-9-16(18)14-15)19-10-7-13-20-11-4-3-5-12-20/h6,8-9,14,17,19H,2-5,7,10-13H2,1H3. The van der Waals surface area contributed by atoms with Crippen LogP contribution in [0.25, 0.3) is 0 Å². The highest BCUT2D eigenvalue weighted by Gasteiger charge is 2.11. The van der Waals surface area contributed by atoms with Gasteiger partial charge in [-0.15, -0.1) is 0 Å². The van der Waals surface area contributed by atoms with Crippen molar-refractivity contribution in [3.63, 3.8) is 0 Å². The first-order chi connectivity index (χ1) is 9.79. The van der Waals surface area contributed by atoms with Crippen LogP contribution in [0, 0.1) is 0 Å². The van der Waals surface area contributed by atoms with Gasteiger partial charge in [-0.25, -0.2) is 0 Å². The van der Waals surface area contributed by atoms with Gasteiger partial charge >= 0.3 is 0 Å². The van der Waals surface area contributed by atoms with Crippen LogP contribution in [0.4, 0.5) is 0 Å². The van der Waals surface area contributed by atoms with Crippen molar-refractivity contribution in [1.82, 2.24) is 10.2 Å². The zero-order chi connectivity index (χ0) is 14.2. The molecule has 20 heavy (non-hydrogen) atoms. The molecule has 0 amide bonds. The van der Waals surface area contributed by atoms with Crippen LogP contribution in [0.1, 0.15) is 50.6 Å². The SMILES string of the molecule is CCC(NCCCN1CCCCC1)c1cccc(Cl)c1. The van der Waals surface area contributed by atoms with Gasteiger partial charge in [0, 0.05) is 11.1 Å². The molecule has 0 spiro atoms. The number of hydrogen-bond donors (Lipinski definition) is 1. The van der Waals surface area contributed by atoms with E-state index in [0.717, 1.165) is 18.0 Å². The van der Waals surface area contributed by atoms with E-state index in [4.69, 9.17) is 11.6 Å². The lowest BCUT2D eigenvalue weighted by Crippen LogP contribution is -2.32. The third kappa shape index (κ3) is 5.08. The zero-order valence-electron chi connectivity index (χ0n) is 12.6. The van der Waals surface area contributed by atoms with Crippen molar-refractivity contribution in [1.29, 1.82) is 0 Å². The number of nitrogens with zero attached hydrogens (tertiary/aromatic N) is 1. The first kappa shape index (κ1) is 15.8. The van der Waals surface area contributed by atoms with Gasteiger partial charge in [0.05, 0.1) is 0 Å². The van der Waals surface area contributed by atoms with Crippen molar-refractivity contribution in [2.45, 2.75) is 45.1 Å². The number of nitrogens with one attached hydrogen (secondary N) is 1. The maximum absolute atomic E-state index is 6.07. The number of likely N-dealkylation sites (tertiary alicyclic amines) is 1. The highest BCUT2D eigenvalue weighted by Crippen LogP contribution is 2.20. The fourth-order valence-electron chi connectivity index (χ4n) is 2.98. The van der Waals surface area contributed by atoms with Crippen LogP contribution in [0.5, 0.6) is 0 Å². The molecule has 0 radical (unpaired) electrons. The van der Waals surface area contributed by atoms with Gasteiger partial charge in [0.25, 0.3) is 0 Å². The Balaban J connectivity index is 1.71. The Labute approximate surface area is 128 Å². The monoisotopic (exact) mass is 294 g/mol. The van der Waals surface area contributed by atoms with E-state index in [1.165, 1.54) is 50.9 Å². The second-order valence-corrected chi connectivity index (χ2v) is 6.16. The van der Waals surface area contributed by atoms with Crippen molar-refractivity contribution in [2.24, 2.45) is 0 Å². The molecule has 0 aliphatic carbocycles. The van der Waals surface area contributed by atoms with Crippen molar-refractivity contribution < 1.29 is 0 Å². The molecule has 1 unspecified atom stereocenters. The smallest absolute Gasteiger partial charge is 0.0409 e. The first-order valence-corrected chi connectivity index (χ1v) is 8.38. The third-order valence-corrected chi connectivity index (χ3v) is 4.38. The highest BCUT2D eigenvalue weighted by molar-refractivity contribution is 6.30. The lowest BCUT2D eigenvalue weighted by atomic mass is 10.0. The summed E-state index contributed by atoms with van der Waals surface area (Å²) >= 11 is 6.07. The number of halogens is 1. The lowest BCUT2D eigenvalue weighted by molar-refractivity contribution is 0.224. The minimum absolute atomic E-state index is 0.426. The molecule has 2 rings (SSSR count). The van der Waals surface area contributed by atoms with Crippen LogP contribution in [0.2, 0.25) is 5.02 Å².